The summed E-state index contributed by atoms with van der Waals surface area (Å²) in [6.45, 7) is 9.86. The Labute approximate surface area is 173 Å². The highest BCUT2D eigenvalue weighted by molar-refractivity contribution is 6.42. The Morgan fingerprint density at radius 2 is 1.48 bits per heavy atom. The molecule has 5 heteroatoms. The van der Waals surface area contributed by atoms with E-state index in [-0.39, 0.29) is 5.41 Å². The fourth-order valence-corrected chi connectivity index (χ4v) is 3.49. The van der Waals surface area contributed by atoms with E-state index >= 15 is 0 Å². The molecule has 3 rings (SSSR count). The summed E-state index contributed by atoms with van der Waals surface area (Å²) < 4.78 is 5.19. The lowest BCUT2D eigenvalue weighted by Crippen LogP contribution is -2.50. The SMILES string of the molecule is COc1ccc(CN2CCN(C(=O)C(=O)c3ccc(C(C)(C)C)cc3)CC2)cc1. The van der Waals surface area contributed by atoms with E-state index in [2.05, 4.69) is 37.8 Å². The predicted octanol–water partition coefficient (Wildman–Crippen LogP) is 3.52. The average molecular weight is 395 g/mol. The zero-order chi connectivity index (χ0) is 21.0. The van der Waals surface area contributed by atoms with Crippen LogP contribution in [0.1, 0.15) is 42.3 Å². The first kappa shape index (κ1) is 21.1. The fraction of sp³-hybridized carbons (Fsp3) is 0.417. The molecule has 0 N–H and O–H groups in total. The van der Waals surface area contributed by atoms with Gasteiger partial charge in [0, 0.05) is 38.3 Å². The number of Topliss-reactive ketones (excluding diaryl/α,β-unsaturated/α-hetero) is 1. The molecule has 1 aliphatic heterocycles. The molecule has 2 aromatic carbocycles. The molecule has 0 saturated carbocycles. The molecule has 1 saturated heterocycles. The van der Waals surface area contributed by atoms with E-state index in [9.17, 15) is 9.59 Å². The number of rotatable bonds is 5. The molecule has 0 unspecified atom stereocenters. The molecule has 2 aromatic rings. The lowest BCUT2D eigenvalue weighted by atomic mass is 9.86. The summed E-state index contributed by atoms with van der Waals surface area (Å²) in [6.07, 6.45) is 0. The van der Waals surface area contributed by atoms with Crippen molar-refractivity contribution in [1.29, 1.82) is 0 Å². The normalized spacial score (nSPS) is 15.2. The highest BCUT2D eigenvalue weighted by Gasteiger charge is 2.27. The largest absolute Gasteiger partial charge is 0.497 e. The van der Waals surface area contributed by atoms with E-state index < -0.39 is 11.7 Å². The first-order valence-electron chi connectivity index (χ1n) is 10.1. The van der Waals surface area contributed by atoms with Crippen LogP contribution in [0.25, 0.3) is 0 Å². The summed E-state index contributed by atoms with van der Waals surface area (Å²) in [7, 11) is 1.66. The molecule has 0 aliphatic carbocycles. The van der Waals surface area contributed by atoms with Gasteiger partial charge in [-0.05, 0) is 28.7 Å². The maximum Gasteiger partial charge on any atom is 0.295 e. The van der Waals surface area contributed by atoms with Gasteiger partial charge in [-0.25, -0.2) is 0 Å². The van der Waals surface area contributed by atoms with Gasteiger partial charge in [0.2, 0.25) is 5.78 Å². The molecule has 0 aromatic heterocycles. The number of methoxy groups -OCH3 is 1. The summed E-state index contributed by atoms with van der Waals surface area (Å²) in [4.78, 5) is 29.3. The van der Waals surface area contributed by atoms with Gasteiger partial charge in [-0.15, -0.1) is 0 Å². The third kappa shape index (κ3) is 5.24. The molecule has 1 amide bonds. The molecule has 5 nitrogen and oxygen atoms in total. The van der Waals surface area contributed by atoms with Crippen LogP contribution in [0.4, 0.5) is 0 Å². The summed E-state index contributed by atoms with van der Waals surface area (Å²) >= 11 is 0. The van der Waals surface area contributed by atoms with Crippen LogP contribution in [-0.4, -0.2) is 54.8 Å². The molecular formula is C24H30N2O3. The molecule has 1 fully saturated rings. The zero-order valence-corrected chi connectivity index (χ0v) is 17.8. The van der Waals surface area contributed by atoms with Gasteiger partial charge in [-0.3, -0.25) is 14.5 Å². The number of ether oxygens (including phenoxy) is 1. The third-order valence-electron chi connectivity index (χ3n) is 5.43. The minimum atomic E-state index is -0.422. The lowest BCUT2D eigenvalue weighted by molar-refractivity contribution is -0.128. The molecule has 29 heavy (non-hydrogen) atoms. The van der Waals surface area contributed by atoms with Crippen LogP contribution in [0, 0.1) is 0 Å². The van der Waals surface area contributed by atoms with Gasteiger partial charge in [0.05, 0.1) is 7.11 Å². The van der Waals surface area contributed by atoms with Crippen molar-refractivity contribution in [1.82, 2.24) is 9.80 Å². The molecule has 1 aliphatic rings. The lowest BCUT2D eigenvalue weighted by Gasteiger charge is -2.34. The van der Waals surface area contributed by atoms with Crippen molar-refractivity contribution in [3.63, 3.8) is 0 Å². The maximum atomic E-state index is 12.7. The standard InChI is InChI=1S/C24H30N2O3/c1-24(2,3)20-9-7-19(8-10-20)22(27)23(28)26-15-13-25(14-16-26)17-18-5-11-21(29-4)12-6-18/h5-12H,13-17H2,1-4H3. The molecule has 0 bridgehead atoms. The quantitative estimate of drug-likeness (QED) is 0.575. The van der Waals surface area contributed by atoms with Gasteiger partial charge in [-0.2, -0.15) is 0 Å². The van der Waals surface area contributed by atoms with Crippen LogP contribution in [0.5, 0.6) is 5.75 Å². The number of piperazine rings is 1. The van der Waals surface area contributed by atoms with Crippen LogP contribution >= 0.6 is 0 Å². The van der Waals surface area contributed by atoms with Gasteiger partial charge >= 0.3 is 0 Å². The van der Waals surface area contributed by atoms with Crippen molar-refractivity contribution >= 4 is 11.7 Å². The van der Waals surface area contributed by atoms with E-state index in [1.165, 1.54) is 5.56 Å². The maximum absolute atomic E-state index is 12.7. The van der Waals surface area contributed by atoms with Crippen molar-refractivity contribution in [3.8, 4) is 5.75 Å². The zero-order valence-electron chi connectivity index (χ0n) is 17.8. The summed E-state index contributed by atoms with van der Waals surface area (Å²) in [5, 5.41) is 0. The van der Waals surface area contributed by atoms with Crippen LogP contribution in [0.2, 0.25) is 0 Å². The van der Waals surface area contributed by atoms with E-state index in [0.29, 0.717) is 18.7 Å². The first-order valence-corrected chi connectivity index (χ1v) is 10.1. The Bertz CT molecular complexity index is 843. The molecule has 1 heterocycles. The topological polar surface area (TPSA) is 49.9 Å². The smallest absolute Gasteiger partial charge is 0.295 e. The fourth-order valence-electron chi connectivity index (χ4n) is 3.49. The van der Waals surface area contributed by atoms with Crippen molar-refractivity contribution in [2.45, 2.75) is 32.7 Å². The van der Waals surface area contributed by atoms with Crippen LogP contribution in [-0.2, 0) is 16.8 Å². The highest BCUT2D eigenvalue weighted by atomic mass is 16.5. The van der Waals surface area contributed by atoms with Crippen molar-refractivity contribution in [3.05, 3.63) is 65.2 Å². The number of hydrogen-bond acceptors (Lipinski definition) is 4. The number of hydrogen-bond donors (Lipinski definition) is 0. The average Bonchev–Trinajstić information content (AvgIpc) is 2.73. The number of benzene rings is 2. The van der Waals surface area contributed by atoms with Crippen molar-refractivity contribution in [2.75, 3.05) is 33.3 Å². The second-order valence-electron chi connectivity index (χ2n) is 8.57. The Balaban J connectivity index is 1.54. The van der Waals surface area contributed by atoms with E-state index in [4.69, 9.17) is 4.74 Å². The number of ketones is 1. The third-order valence-corrected chi connectivity index (χ3v) is 5.43. The molecule has 0 spiro atoms. The molecule has 0 radical (unpaired) electrons. The van der Waals surface area contributed by atoms with Gasteiger partial charge in [-0.1, -0.05) is 57.2 Å². The van der Waals surface area contributed by atoms with E-state index in [1.807, 2.05) is 24.3 Å². The number of carbonyl (C=O) groups is 2. The molecule has 0 atom stereocenters. The molecule has 154 valence electrons. The van der Waals surface area contributed by atoms with E-state index in [0.717, 1.165) is 30.9 Å². The second-order valence-corrected chi connectivity index (χ2v) is 8.57. The highest BCUT2D eigenvalue weighted by Crippen LogP contribution is 2.22. The minimum absolute atomic E-state index is 0.0196. The summed E-state index contributed by atoms with van der Waals surface area (Å²) in [5.41, 5.74) is 2.84. The van der Waals surface area contributed by atoms with Crippen molar-refractivity contribution in [2.24, 2.45) is 0 Å². The minimum Gasteiger partial charge on any atom is -0.497 e. The summed E-state index contributed by atoms with van der Waals surface area (Å²) in [6, 6.07) is 15.4. The predicted molar refractivity (Wildman–Crippen MR) is 114 cm³/mol. The second kappa shape index (κ2) is 8.78. The molecular weight excluding hydrogens is 364 g/mol. The van der Waals surface area contributed by atoms with Gasteiger partial charge in [0.1, 0.15) is 5.75 Å². The Kier molecular flexibility index (Phi) is 6.38. The van der Waals surface area contributed by atoms with Crippen LogP contribution < -0.4 is 4.74 Å². The van der Waals surface area contributed by atoms with Gasteiger partial charge in [0.15, 0.2) is 0 Å². The number of amides is 1. The number of carbonyl (C=O) groups excluding carboxylic acids is 2. The van der Waals surface area contributed by atoms with Crippen LogP contribution in [0.15, 0.2) is 48.5 Å². The van der Waals surface area contributed by atoms with Crippen molar-refractivity contribution < 1.29 is 14.3 Å². The Morgan fingerprint density at radius 3 is 2.00 bits per heavy atom. The van der Waals surface area contributed by atoms with Gasteiger partial charge < -0.3 is 9.64 Å². The summed E-state index contributed by atoms with van der Waals surface area (Å²) in [5.74, 6) is 0.0184. The van der Waals surface area contributed by atoms with E-state index in [1.54, 1.807) is 24.1 Å². The van der Waals surface area contributed by atoms with Crippen LogP contribution in [0.3, 0.4) is 0 Å². The Hall–Kier alpha value is -2.66. The monoisotopic (exact) mass is 394 g/mol. The first-order chi connectivity index (χ1) is 13.8. The Morgan fingerprint density at radius 1 is 0.897 bits per heavy atom. The van der Waals surface area contributed by atoms with Gasteiger partial charge in [0.25, 0.3) is 5.91 Å². The number of nitrogens with zero attached hydrogens (tertiary/aromatic N) is 2.